The maximum Gasteiger partial charge on any atom is 0.328 e. The normalized spacial score (nSPS) is 16.7. The van der Waals surface area contributed by atoms with Crippen LogP contribution in [0.4, 0.5) is 0 Å². The number of aromatic nitrogens is 1. The van der Waals surface area contributed by atoms with Crippen LogP contribution in [0, 0.1) is 12.3 Å². The van der Waals surface area contributed by atoms with Crippen molar-refractivity contribution in [3.63, 3.8) is 0 Å². The van der Waals surface area contributed by atoms with Gasteiger partial charge in [0.2, 0.25) is 17.7 Å². The molecule has 0 aliphatic carbocycles. The number of hydrogen-bond acceptors (Lipinski definition) is 12. The fourth-order valence-electron chi connectivity index (χ4n) is 5.23. The van der Waals surface area contributed by atoms with E-state index in [1.807, 2.05) is 52.0 Å². The number of nitrogens with one attached hydrogen (secondary N) is 2. The van der Waals surface area contributed by atoms with Crippen LogP contribution < -0.4 is 10.6 Å². The van der Waals surface area contributed by atoms with Gasteiger partial charge in [-0.1, -0.05) is 51.1 Å². The van der Waals surface area contributed by atoms with Gasteiger partial charge in [-0.15, -0.1) is 11.3 Å². The minimum atomic E-state index is -1.02. The molecule has 16 heteroatoms. The van der Waals surface area contributed by atoms with E-state index in [2.05, 4.69) is 15.6 Å². The number of aliphatic hydroxyl groups excluding tert-OH is 1. The third-order valence-corrected chi connectivity index (χ3v) is 8.88. The van der Waals surface area contributed by atoms with Crippen LogP contribution in [0.25, 0.3) is 10.4 Å². The lowest BCUT2D eigenvalue weighted by atomic mass is 9.85. The number of carboxylic acid groups (broad SMARTS) is 1. The van der Waals surface area contributed by atoms with Gasteiger partial charge in [0.1, 0.15) is 18.7 Å². The van der Waals surface area contributed by atoms with Crippen molar-refractivity contribution >= 4 is 35.0 Å². The number of aliphatic carboxylic acids is 1. The number of carbonyl (C=O) groups is 4. The molecule has 15 nitrogen and oxygen atoms in total. The SMILES string of the molecule is Cc1ncsc1-c1ccc(CNC(=O)[C@@H]2C[C@@H](O)CN2C(=O)[C@@H](NC(=O)COCCOCCOCCOCCOC/C=C/C(=O)O)C(C)(C)C)cc1. The van der Waals surface area contributed by atoms with Gasteiger partial charge in [-0.05, 0) is 23.5 Å². The molecule has 0 unspecified atom stereocenters. The third kappa shape index (κ3) is 15.1. The molecule has 3 amide bonds. The predicted octanol–water partition coefficient (Wildman–Crippen LogP) is 1.95. The molecular weight excluding hydrogens is 696 g/mol. The van der Waals surface area contributed by atoms with E-state index in [-0.39, 0.29) is 51.8 Å². The van der Waals surface area contributed by atoms with Gasteiger partial charge in [-0.2, -0.15) is 0 Å². The lowest BCUT2D eigenvalue weighted by Gasteiger charge is -2.35. The Balaban J connectivity index is 1.33. The van der Waals surface area contributed by atoms with Crippen molar-refractivity contribution < 1.29 is 53.1 Å². The number of carboxylic acids is 1. The highest BCUT2D eigenvalue weighted by molar-refractivity contribution is 7.13. The van der Waals surface area contributed by atoms with Crippen LogP contribution in [-0.4, -0.2) is 135 Å². The molecule has 2 aromatic rings. The number of β-amino-alcohol motifs (C(OH)–C–C–N with tert-alkyl or cyclic N) is 1. The number of carbonyl (C=O) groups excluding carboxylic acids is 3. The Bertz CT molecular complexity index is 1440. The second kappa shape index (κ2) is 22.3. The smallest absolute Gasteiger partial charge is 0.328 e. The van der Waals surface area contributed by atoms with Crippen molar-refractivity contribution in [3.05, 3.63) is 53.2 Å². The summed E-state index contributed by atoms with van der Waals surface area (Å²) in [4.78, 5) is 57.0. The van der Waals surface area contributed by atoms with Gasteiger partial charge in [-0.3, -0.25) is 14.4 Å². The van der Waals surface area contributed by atoms with Crippen LogP contribution in [0.2, 0.25) is 0 Å². The van der Waals surface area contributed by atoms with E-state index in [9.17, 15) is 24.3 Å². The molecule has 3 rings (SSSR count). The zero-order chi connectivity index (χ0) is 37.9. The molecule has 4 N–H and O–H groups in total. The molecule has 2 heterocycles. The average Bonchev–Trinajstić information content (AvgIpc) is 3.72. The Morgan fingerprint density at radius 3 is 2.12 bits per heavy atom. The van der Waals surface area contributed by atoms with E-state index < -0.39 is 41.4 Å². The first-order chi connectivity index (χ1) is 24.9. The van der Waals surface area contributed by atoms with Gasteiger partial charge in [0, 0.05) is 25.6 Å². The lowest BCUT2D eigenvalue weighted by molar-refractivity contribution is -0.144. The summed E-state index contributed by atoms with van der Waals surface area (Å²) < 4.78 is 26.9. The molecule has 1 aromatic heterocycles. The Morgan fingerprint density at radius 1 is 0.962 bits per heavy atom. The average molecular weight is 749 g/mol. The molecule has 1 saturated heterocycles. The van der Waals surface area contributed by atoms with E-state index in [1.165, 1.54) is 11.0 Å². The summed E-state index contributed by atoms with van der Waals surface area (Å²) >= 11 is 1.57. The molecule has 1 fully saturated rings. The van der Waals surface area contributed by atoms with E-state index in [0.717, 1.165) is 27.8 Å². The van der Waals surface area contributed by atoms with Crippen LogP contribution in [0.3, 0.4) is 0 Å². The molecule has 0 radical (unpaired) electrons. The highest BCUT2D eigenvalue weighted by Crippen LogP contribution is 2.28. The summed E-state index contributed by atoms with van der Waals surface area (Å²) in [6, 6.07) is 5.99. The zero-order valence-corrected chi connectivity index (χ0v) is 31.2. The number of rotatable bonds is 23. The molecule has 0 bridgehead atoms. The number of likely N-dealkylation sites (tertiary alicyclic amines) is 1. The highest BCUT2D eigenvalue weighted by atomic mass is 32.1. The van der Waals surface area contributed by atoms with Crippen LogP contribution in [0.1, 0.15) is 38.4 Å². The van der Waals surface area contributed by atoms with Crippen LogP contribution in [0.15, 0.2) is 41.9 Å². The topological polar surface area (TPSA) is 195 Å². The van der Waals surface area contributed by atoms with Crippen molar-refractivity contribution in [1.82, 2.24) is 20.5 Å². The quantitative estimate of drug-likeness (QED) is 0.0955. The molecule has 1 aromatic carbocycles. The number of amides is 3. The number of thiazole rings is 1. The van der Waals surface area contributed by atoms with Gasteiger partial charge >= 0.3 is 5.97 Å². The van der Waals surface area contributed by atoms with Gasteiger partial charge in [0.15, 0.2) is 0 Å². The maximum absolute atomic E-state index is 13.8. The molecule has 3 atom stereocenters. The monoisotopic (exact) mass is 748 g/mol. The zero-order valence-electron chi connectivity index (χ0n) is 30.3. The van der Waals surface area contributed by atoms with Crippen molar-refractivity contribution in [1.29, 1.82) is 0 Å². The second-order valence-electron chi connectivity index (χ2n) is 13.1. The van der Waals surface area contributed by atoms with E-state index in [4.69, 9.17) is 28.8 Å². The molecule has 1 aliphatic heterocycles. The van der Waals surface area contributed by atoms with E-state index in [0.29, 0.717) is 39.6 Å². The summed E-state index contributed by atoms with van der Waals surface area (Å²) in [6.45, 7) is 10.1. The molecule has 0 spiro atoms. The van der Waals surface area contributed by atoms with Crippen molar-refractivity contribution in [3.8, 4) is 10.4 Å². The van der Waals surface area contributed by atoms with Crippen molar-refractivity contribution in [2.75, 3.05) is 72.6 Å². The first-order valence-electron chi connectivity index (χ1n) is 17.2. The fourth-order valence-corrected chi connectivity index (χ4v) is 6.04. The van der Waals surface area contributed by atoms with Crippen molar-refractivity contribution in [2.45, 2.75) is 58.8 Å². The van der Waals surface area contributed by atoms with E-state index >= 15 is 0 Å². The summed E-state index contributed by atoms with van der Waals surface area (Å²) in [7, 11) is 0. The summed E-state index contributed by atoms with van der Waals surface area (Å²) in [5.74, 6) is -2.33. The van der Waals surface area contributed by atoms with Gasteiger partial charge in [0.05, 0.1) is 81.6 Å². The van der Waals surface area contributed by atoms with Gasteiger partial charge in [0.25, 0.3) is 0 Å². The highest BCUT2D eigenvalue weighted by Gasteiger charge is 2.44. The van der Waals surface area contributed by atoms with Crippen LogP contribution >= 0.6 is 11.3 Å². The minimum Gasteiger partial charge on any atom is -0.478 e. The Kier molecular flexibility index (Phi) is 18.3. The summed E-state index contributed by atoms with van der Waals surface area (Å²) in [5, 5.41) is 24.6. The fraction of sp³-hybridized carbons (Fsp3) is 0.583. The Hall–Kier alpha value is -3.77. The number of aryl methyl sites for hydroxylation is 1. The summed E-state index contributed by atoms with van der Waals surface area (Å²) in [5.41, 5.74) is 4.01. The molecule has 288 valence electrons. The van der Waals surface area contributed by atoms with Gasteiger partial charge < -0.3 is 49.4 Å². The first kappa shape index (κ1) is 42.6. The maximum atomic E-state index is 13.8. The second-order valence-corrected chi connectivity index (χ2v) is 14.0. The number of aliphatic hydroxyl groups is 1. The molecule has 52 heavy (non-hydrogen) atoms. The number of benzene rings is 1. The predicted molar refractivity (Wildman–Crippen MR) is 193 cm³/mol. The lowest BCUT2D eigenvalue weighted by Crippen LogP contribution is -2.58. The van der Waals surface area contributed by atoms with Crippen molar-refractivity contribution in [2.24, 2.45) is 5.41 Å². The largest absolute Gasteiger partial charge is 0.478 e. The Labute approximate surface area is 308 Å². The van der Waals surface area contributed by atoms with E-state index in [1.54, 1.807) is 16.8 Å². The molecule has 1 aliphatic rings. The van der Waals surface area contributed by atoms with Crippen LogP contribution in [-0.2, 0) is 49.4 Å². The first-order valence-corrected chi connectivity index (χ1v) is 18.1. The number of nitrogens with zero attached hydrogens (tertiary/aromatic N) is 2. The summed E-state index contributed by atoms with van der Waals surface area (Å²) in [6.07, 6.45) is 1.66. The molecule has 0 saturated carbocycles. The minimum absolute atomic E-state index is 0.0165. The van der Waals surface area contributed by atoms with Gasteiger partial charge in [-0.25, -0.2) is 9.78 Å². The van der Waals surface area contributed by atoms with Crippen LogP contribution in [0.5, 0.6) is 0 Å². The third-order valence-electron chi connectivity index (χ3n) is 7.91. The number of ether oxygens (including phenoxy) is 5. The Morgan fingerprint density at radius 2 is 1.56 bits per heavy atom. The molecular formula is C36H52N4O11S. The standard InChI is InChI=1S/C36H52N4O11S/c1-25-32(52-24-38-25)27-9-7-26(8-10-27)21-37-34(45)29-20-28(41)22-40(29)35(46)33(36(2,3)4)39-30(42)23-51-19-18-50-17-16-49-15-14-48-13-12-47-11-5-6-31(43)44/h5-10,24,28-29,33,41H,11-23H2,1-4H3,(H,37,45)(H,39,42)(H,43,44)/b6-5+/t28-,29+,33-/m1/s1. The number of hydrogen-bond donors (Lipinski definition) is 4.